The van der Waals surface area contributed by atoms with Gasteiger partial charge in [-0.25, -0.2) is 9.97 Å². The molecule has 2 aromatic heterocycles. The van der Waals surface area contributed by atoms with Crippen LogP contribution in [0.3, 0.4) is 0 Å². The first-order valence-electron chi connectivity index (χ1n) is 7.56. The molecule has 1 N–H and O–H groups in total. The second-order valence-corrected chi connectivity index (χ2v) is 5.75. The van der Waals surface area contributed by atoms with E-state index in [1.165, 1.54) is 5.69 Å². The summed E-state index contributed by atoms with van der Waals surface area (Å²) in [6.07, 6.45) is 7.97. The van der Waals surface area contributed by atoms with Crippen molar-refractivity contribution in [3.63, 3.8) is 0 Å². The van der Waals surface area contributed by atoms with Crippen LogP contribution in [0.4, 0.5) is 0 Å². The van der Waals surface area contributed by atoms with Gasteiger partial charge in [-0.3, -0.25) is 0 Å². The smallest absolute Gasteiger partial charge is 0.213 e. The summed E-state index contributed by atoms with van der Waals surface area (Å²) < 4.78 is 7.55. The molecule has 0 amide bonds. The van der Waals surface area contributed by atoms with E-state index in [1.54, 1.807) is 0 Å². The van der Waals surface area contributed by atoms with Gasteiger partial charge in [-0.15, -0.1) is 0 Å². The van der Waals surface area contributed by atoms with E-state index in [0.717, 1.165) is 31.6 Å². The minimum absolute atomic E-state index is 0.167. The highest BCUT2D eigenvalue weighted by atomic mass is 16.5. The van der Waals surface area contributed by atoms with Crippen LogP contribution >= 0.6 is 0 Å². The van der Waals surface area contributed by atoms with E-state index in [1.807, 2.05) is 37.8 Å². The van der Waals surface area contributed by atoms with E-state index < -0.39 is 0 Å². The van der Waals surface area contributed by atoms with E-state index in [-0.39, 0.29) is 5.41 Å². The molecule has 0 spiro atoms. The number of nitrogens with zero attached hydrogens (tertiary/aromatic N) is 3. The van der Waals surface area contributed by atoms with Gasteiger partial charge in [0, 0.05) is 23.4 Å². The monoisotopic (exact) mass is 286 g/mol. The van der Waals surface area contributed by atoms with Crippen LogP contribution in [0.1, 0.15) is 32.4 Å². The molecular weight excluding hydrogens is 264 g/mol. The highest BCUT2D eigenvalue weighted by molar-refractivity contribution is 5.35. The molecule has 2 aromatic rings. The highest BCUT2D eigenvalue weighted by Gasteiger charge is 2.31. The minimum atomic E-state index is 0.167. The van der Waals surface area contributed by atoms with Crippen LogP contribution < -0.4 is 10.1 Å². The lowest BCUT2D eigenvalue weighted by molar-refractivity contribution is 0.323. The van der Waals surface area contributed by atoms with E-state index in [4.69, 9.17) is 4.74 Å². The maximum absolute atomic E-state index is 5.40. The average molecular weight is 286 g/mol. The lowest BCUT2D eigenvalue weighted by Crippen LogP contribution is -2.38. The first-order chi connectivity index (χ1) is 10.2. The van der Waals surface area contributed by atoms with Crippen molar-refractivity contribution >= 4 is 0 Å². The number of aromatic nitrogens is 3. The number of hydrogen-bond acceptors (Lipinski definition) is 4. The lowest BCUT2D eigenvalue weighted by atomic mass is 9.78. The summed E-state index contributed by atoms with van der Waals surface area (Å²) in [5.41, 5.74) is 2.46. The summed E-state index contributed by atoms with van der Waals surface area (Å²) in [4.78, 5) is 8.71. The Kier molecular flexibility index (Phi) is 3.92. The number of rotatable bonds is 4. The summed E-state index contributed by atoms with van der Waals surface area (Å²) >= 11 is 0. The Morgan fingerprint density at radius 2 is 2.10 bits per heavy atom. The van der Waals surface area contributed by atoms with Crippen molar-refractivity contribution in [3.8, 4) is 11.6 Å². The van der Waals surface area contributed by atoms with E-state index >= 15 is 0 Å². The van der Waals surface area contributed by atoms with Crippen LogP contribution in [0.25, 0.3) is 5.69 Å². The summed E-state index contributed by atoms with van der Waals surface area (Å²) in [7, 11) is 0. The molecule has 0 radical (unpaired) electrons. The zero-order chi connectivity index (χ0) is 14.7. The second kappa shape index (κ2) is 5.85. The predicted octanol–water partition coefficient (Wildman–Crippen LogP) is 2.31. The fourth-order valence-corrected chi connectivity index (χ4v) is 2.93. The molecule has 112 valence electrons. The van der Waals surface area contributed by atoms with Crippen molar-refractivity contribution in [2.45, 2.75) is 32.1 Å². The molecule has 3 heterocycles. The summed E-state index contributed by atoms with van der Waals surface area (Å²) in [6.45, 7) is 7.03. The Bertz CT molecular complexity index is 585. The van der Waals surface area contributed by atoms with Crippen molar-refractivity contribution in [3.05, 3.63) is 36.5 Å². The van der Waals surface area contributed by atoms with Crippen LogP contribution in [0, 0.1) is 0 Å². The van der Waals surface area contributed by atoms with Crippen LogP contribution in [0.5, 0.6) is 5.88 Å². The van der Waals surface area contributed by atoms with Gasteiger partial charge in [0.1, 0.15) is 0 Å². The molecule has 1 fully saturated rings. The van der Waals surface area contributed by atoms with Crippen LogP contribution in [0.15, 0.2) is 30.9 Å². The molecule has 0 atom stereocenters. The Hall–Kier alpha value is -1.88. The van der Waals surface area contributed by atoms with Crippen LogP contribution in [-0.4, -0.2) is 34.2 Å². The molecule has 3 rings (SSSR count). The zero-order valence-electron chi connectivity index (χ0n) is 12.7. The fraction of sp³-hybridized carbons (Fsp3) is 0.500. The average Bonchev–Trinajstić information content (AvgIpc) is 2.99. The van der Waals surface area contributed by atoms with Gasteiger partial charge in [-0.2, -0.15) is 0 Å². The summed E-state index contributed by atoms with van der Waals surface area (Å²) in [5.74, 6) is 0.663. The first-order valence-corrected chi connectivity index (χ1v) is 7.56. The molecule has 0 saturated carbocycles. The maximum atomic E-state index is 5.40. The molecule has 0 unspecified atom stereocenters. The third-order valence-corrected chi connectivity index (χ3v) is 4.26. The largest absolute Gasteiger partial charge is 0.478 e. The molecule has 5 heteroatoms. The van der Waals surface area contributed by atoms with Crippen LogP contribution in [0.2, 0.25) is 0 Å². The number of ether oxygens (including phenoxy) is 1. The quantitative estimate of drug-likeness (QED) is 0.937. The summed E-state index contributed by atoms with van der Waals surface area (Å²) in [6, 6.07) is 3.95. The van der Waals surface area contributed by atoms with E-state index in [2.05, 4.69) is 26.8 Å². The van der Waals surface area contributed by atoms with Crippen molar-refractivity contribution in [2.75, 3.05) is 19.7 Å². The number of imidazole rings is 1. The third kappa shape index (κ3) is 2.78. The van der Waals surface area contributed by atoms with Gasteiger partial charge >= 0.3 is 0 Å². The van der Waals surface area contributed by atoms with Gasteiger partial charge in [-0.1, -0.05) is 6.92 Å². The normalized spacial score (nSPS) is 17.6. The minimum Gasteiger partial charge on any atom is -0.478 e. The molecule has 1 aliphatic rings. The summed E-state index contributed by atoms with van der Waals surface area (Å²) in [5, 5.41) is 3.42. The van der Waals surface area contributed by atoms with Gasteiger partial charge in [0.15, 0.2) is 0 Å². The number of hydrogen-bond donors (Lipinski definition) is 1. The van der Waals surface area contributed by atoms with Crippen LogP contribution in [-0.2, 0) is 5.41 Å². The first kappa shape index (κ1) is 14.1. The Morgan fingerprint density at radius 3 is 2.76 bits per heavy atom. The van der Waals surface area contributed by atoms with Gasteiger partial charge in [-0.05, 0) is 38.9 Å². The SMILES string of the molecule is CCOc1ccc(-n2cncc2C2(C)CCNCC2)cn1. The molecule has 5 nitrogen and oxygen atoms in total. The van der Waals surface area contributed by atoms with Gasteiger partial charge < -0.3 is 14.6 Å². The molecular formula is C16H22N4O. The number of nitrogens with one attached hydrogen (secondary N) is 1. The zero-order valence-corrected chi connectivity index (χ0v) is 12.7. The van der Waals surface area contributed by atoms with Crippen molar-refractivity contribution in [1.82, 2.24) is 19.9 Å². The fourth-order valence-electron chi connectivity index (χ4n) is 2.93. The van der Waals surface area contributed by atoms with E-state index in [9.17, 15) is 0 Å². The van der Waals surface area contributed by atoms with Gasteiger partial charge in [0.05, 0.1) is 24.8 Å². The third-order valence-electron chi connectivity index (χ3n) is 4.26. The van der Waals surface area contributed by atoms with Crippen molar-refractivity contribution < 1.29 is 4.74 Å². The number of piperidine rings is 1. The number of pyridine rings is 1. The standard InChI is InChI=1S/C16H22N4O/c1-3-21-15-5-4-13(10-19-15)20-12-18-11-14(20)16(2)6-8-17-9-7-16/h4-5,10-12,17H,3,6-9H2,1-2H3. The van der Waals surface area contributed by atoms with E-state index in [0.29, 0.717) is 12.5 Å². The molecule has 21 heavy (non-hydrogen) atoms. The maximum Gasteiger partial charge on any atom is 0.213 e. The molecule has 0 bridgehead atoms. The molecule has 1 aliphatic heterocycles. The topological polar surface area (TPSA) is 52.0 Å². The Labute approximate surface area is 125 Å². The Morgan fingerprint density at radius 1 is 1.29 bits per heavy atom. The molecule has 0 aromatic carbocycles. The molecule has 1 saturated heterocycles. The second-order valence-electron chi connectivity index (χ2n) is 5.75. The van der Waals surface area contributed by atoms with Crippen molar-refractivity contribution in [1.29, 1.82) is 0 Å². The highest BCUT2D eigenvalue weighted by Crippen LogP contribution is 2.33. The molecule has 0 aliphatic carbocycles. The lowest BCUT2D eigenvalue weighted by Gasteiger charge is -2.34. The Balaban J connectivity index is 1.91. The van der Waals surface area contributed by atoms with Gasteiger partial charge in [0.25, 0.3) is 0 Å². The van der Waals surface area contributed by atoms with Crippen molar-refractivity contribution in [2.24, 2.45) is 0 Å². The van der Waals surface area contributed by atoms with Gasteiger partial charge in [0.2, 0.25) is 5.88 Å². The predicted molar refractivity (Wildman–Crippen MR) is 82.0 cm³/mol.